The lowest BCUT2D eigenvalue weighted by Crippen LogP contribution is -2.53. The molecule has 6 rings (SSSR count). The number of carbonyl (C=O) groups is 2. The Bertz CT molecular complexity index is 1910. The Morgan fingerprint density at radius 1 is 0.909 bits per heavy atom. The van der Waals surface area contributed by atoms with Gasteiger partial charge in [0.2, 0.25) is 11.9 Å². The molecule has 44 heavy (non-hydrogen) atoms. The molecule has 2 amide bonds. The van der Waals surface area contributed by atoms with E-state index in [0.717, 1.165) is 22.3 Å². The quantitative estimate of drug-likeness (QED) is 0.313. The molecular formula is C29H27ClF3N7O4. The number of piperazine rings is 1. The van der Waals surface area contributed by atoms with E-state index in [4.69, 9.17) is 16.6 Å². The molecule has 2 aromatic heterocycles. The number of aryl methyl sites for hydroxylation is 1. The van der Waals surface area contributed by atoms with Gasteiger partial charge in [-0.2, -0.15) is 18.2 Å². The molecule has 2 aliphatic rings. The molecule has 1 atom stereocenters. The Labute approximate surface area is 253 Å². The Morgan fingerprint density at radius 3 is 2.23 bits per heavy atom. The summed E-state index contributed by atoms with van der Waals surface area (Å²) < 4.78 is 45.0. The summed E-state index contributed by atoms with van der Waals surface area (Å²) in [5.74, 6) is -0.947. The predicted molar refractivity (Wildman–Crippen MR) is 157 cm³/mol. The Kier molecular flexibility index (Phi) is 7.36. The minimum atomic E-state index is -4.73. The van der Waals surface area contributed by atoms with Gasteiger partial charge in [-0.15, -0.1) is 0 Å². The Morgan fingerprint density at radius 2 is 1.57 bits per heavy atom. The lowest BCUT2D eigenvalue weighted by atomic mass is 10.1. The van der Waals surface area contributed by atoms with Crippen LogP contribution >= 0.6 is 11.6 Å². The van der Waals surface area contributed by atoms with Crippen molar-refractivity contribution in [1.29, 1.82) is 0 Å². The molecule has 11 nitrogen and oxygen atoms in total. The van der Waals surface area contributed by atoms with Crippen LogP contribution in [0.5, 0.6) is 0 Å². The van der Waals surface area contributed by atoms with Crippen LogP contribution in [0.3, 0.4) is 0 Å². The molecule has 0 saturated carbocycles. The van der Waals surface area contributed by atoms with Gasteiger partial charge in [-0.05, 0) is 29.8 Å². The molecule has 2 fully saturated rings. The summed E-state index contributed by atoms with van der Waals surface area (Å²) in [5.41, 5.74) is -1.22. The minimum Gasteiger partial charge on any atom is -0.340 e. The van der Waals surface area contributed by atoms with Crippen molar-refractivity contribution in [3.05, 3.63) is 85.5 Å². The Hall–Kier alpha value is -4.43. The zero-order valence-electron chi connectivity index (χ0n) is 23.7. The second-order valence-electron chi connectivity index (χ2n) is 10.8. The molecule has 0 aliphatic carbocycles. The van der Waals surface area contributed by atoms with Gasteiger partial charge < -0.3 is 4.90 Å². The van der Waals surface area contributed by atoms with E-state index < -0.39 is 46.5 Å². The van der Waals surface area contributed by atoms with Gasteiger partial charge in [-0.3, -0.25) is 33.0 Å². The van der Waals surface area contributed by atoms with E-state index in [1.165, 1.54) is 30.8 Å². The van der Waals surface area contributed by atoms with Crippen LogP contribution in [0.2, 0.25) is 5.02 Å². The fraction of sp³-hybridized carbons (Fsp3) is 0.345. The number of amides is 2. The second kappa shape index (κ2) is 10.9. The van der Waals surface area contributed by atoms with Gasteiger partial charge >= 0.3 is 11.9 Å². The molecule has 1 unspecified atom stereocenters. The average Bonchev–Trinajstić information content (AvgIpc) is 3.52. The number of aromatic nitrogens is 4. The molecule has 0 bridgehead atoms. The number of benzene rings is 2. The first-order chi connectivity index (χ1) is 20.9. The van der Waals surface area contributed by atoms with Gasteiger partial charge in [0.1, 0.15) is 0 Å². The number of anilines is 2. The molecule has 2 aromatic carbocycles. The van der Waals surface area contributed by atoms with Crippen molar-refractivity contribution >= 4 is 46.2 Å². The molecule has 2 aliphatic heterocycles. The van der Waals surface area contributed by atoms with Crippen LogP contribution in [-0.4, -0.2) is 67.6 Å². The van der Waals surface area contributed by atoms with Crippen molar-refractivity contribution in [3.8, 4) is 0 Å². The van der Waals surface area contributed by atoms with Crippen LogP contribution < -0.4 is 21.0 Å². The topological polar surface area (TPSA) is 106 Å². The highest BCUT2D eigenvalue weighted by Gasteiger charge is 2.46. The van der Waals surface area contributed by atoms with Crippen LogP contribution in [0.4, 0.5) is 24.8 Å². The molecule has 230 valence electrons. The number of imidazole rings is 1. The van der Waals surface area contributed by atoms with Crippen molar-refractivity contribution in [2.75, 3.05) is 36.0 Å². The summed E-state index contributed by atoms with van der Waals surface area (Å²) in [6, 6.07) is 10.8. The van der Waals surface area contributed by atoms with Crippen molar-refractivity contribution in [3.63, 3.8) is 0 Å². The van der Waals surface area contributed by atoms with Crippen LogP contribution in [0.25, 0.3) is 11.2 Å². The number of fused-ring (bicyclic) bond motifs is 1. The van der Waals surface area contributed by atoms with Crippen molar-refractivity contribution in [2.24, 2.45) is 14.1 Å². The zero-order chi connectivity index (χ0) is 31.5. The lowest BCUT2D eigenvalue weighted by Gasteiger charge is -2.37. The first-order valence-corrected chi connectivity index (χ1v) is 14.2. The smallest absolute Gasteiger partial charge is 0.340 e. The molecule has 2 saturated heterocycles. The number of halogens is 4. The highest BCUT2D eigenvalue weighted by molar-refractivity contribution is 6.30. The van der Waals surface area contributed by atoms with Gasteiger partial charge in [0.05, 0.1) is 30.3 Å². The fourth-order valence-corrected chi connectivity index (χ4v) is 6.02. The maximum Gasteiger partial charge on any atom is 0.418 e. The SMILES string of the molecule is Cn1c(=O)c2c(nc(N3CCN(C4CC(=O)N(c5ccccc5C(F)(F)F)C4=O)CC3)n2Cc2ccc(Cl)cc2)n(C)c1=O. The number of carbonyl (C=O) groups excluding carboxylic acids is 2. The molecule has 0 N–H and O–H groups in total. The maximum absolute atomic E-state index is 13.7. The maximum atomic E-state index is 13.7. The van der Waals surface area contributed by atoms with E-state index in [1.807, 2.05) is 17.0 Å². The third kappa shape index (κ3) is 4.97. The van der Waals surface area contributed by atoms with E-state index in [2.05, 4.69) is 0 Å². The van der Waals surface area contributed by atoms with Crippen LogP contribution in [0.1, 0.15) is 17.5 Å². The number of rotatable bonds is 5. The summed E-state index contributed by atoms with van der Waals surface area (Å²) in [6.07, 6.45) is -4.97. The molecule has 15 heteroatoms. The number of hydrogen-bond acceptors (Lipinski definition) is 7. The summed E-state index contributed by atoms with van der Waals surface area (Å²) in [5, 5.41) is 0.555. The van der Waals surface area contributed by atoms with Gasteiger partial charge in [-0.1, -0.05) is 35.9 Å². The second-order valence-corrected chi connectivity index (χ2v) is 11.3. The van der Waals surface area contributed by atoms with Crippen LogP contribution in [0, 0.1) is 0 Å². The first kappa shape index (κ1) is 29.6. The largest absolute Gasteiger partial charge is 0.418 e. The number of nitrogens with zero attached hydrogens (tertiary/aromatic N) is 7. The third-order valence-electron chi connectivity index (χ3n) is 8.19. The van der Waals surface area contributed by atoms with E-state index >= 15 is 0 Å². The summed E-state index contributed by atoms with van der Waals surface area (Å²) in [7, 11) is 2.94. The van der Waals surface area contributed by atoms with Gasteiger partial charge in [-0.25, -0.2) is 9.69 Å². The average molecular weight is 630 g/mol. The van der Waals surface area contributed by atoms with Crippen LogP contribution in [0.15, 0.2) is 58.1 Å². The van der Waals surface area contributed by atoms with E-state index in [-0.39, 0.29) is 24.1 Å². The van der Waals surface area contributed by atoms with Gasteiger partial charge in [0.25, 0.3) is 11.5 Å². The van der Waals surface area contributed by atoms with E-state index in [9.17, 15) is 32.3 Å². The first-order valence-electron chi connectivity index (χ1n) is 13.8. The summed E-state index contributed by atoms with van der Waals surface area (Å²) >= 11 is 6.06. The standard InChI is InChI=1S/C29H27ClF3N7O4/c1-35-24-23(26(43)36(2)28(35)44)39(16-17-7-9-18(30)10-8-17)27(34-24)38-13-11-37(12-14-38)21-15-22(41)40(25(21)42)20-6-4-3-5-19(20)29(31,32)33/h3-10,21H,11-16H2,1-2H3. The molecule has 0 spiro atoms. The van der Waals surface area contributed by atoms with Crippen molar-refractivity contribution in [2.45, 2.75) is 25.2 Å². The molecule has 4 heterocycles. The van der Waals surface area contributed by atoms with Crippen molar-refractivity contribution < 1.29 is 22.8 Å². The van der Waals surface area contributed by atoms with Crippen molar-refractivity contribution in [1.82, 2.24) is 23.6 Å². The third-order valence-corrected chi connectivity index (χ3v) is 8.44. The fourth-order valence-electron chi connectivity index (χ4n) is 5.89. The monoisotopic (exact) mass is 629 g/mol. The number of imide groups is 1. The number of hydrogen-bond donors (Lipinski definition) is 0. The van der Waals surface area contributed by atoms with Crippen LogP contribution in [-0.2, 0) is 36.4 Å². The summed E-state index contributed by atoms with van der Waals surface area (Å²) in [4.78, 5) is 61.3. The normalized spacial score (nSPS) is 18.2. The predicted octanol–water partition coefficient (Wildman–Crippen LogP) is 2.61. The lowest BCUT2D eigenvalue weighted by molar-refractivity contribution is -0.137. The number of alkyl halides is 3. The Balaban J connectivity index is 1.28. The van der Waals surface area contributed by atoms with Gasteiger partial charge in [0.15, 0.2) is 11.2 Å². The highest BCUT2D eigenvalue weighted by Crippen LogP contribution is 2.39. The molecular weight excluding hydrogens is 603 g/mol. The van der Waals surface area contributed by atoms with Gasteiger partial charge in [0, 0.05) is 45.3 Å². The summed E-state index contributed by atoms with van der Waals surface area (Å²) in [6.45, 7) is 1.56. The number of para-hydroxylation sites is 1. The minimum absolute atomic E-state index is 0.222. The molecule has 0 radical (unpaired) electrons. The van der Waals surface area contributed by atoms with E-state index in [1.54, 1.807) is 21.6 Å². The highest BCUT2D eigenvalue weighted by atomic mass is 35.5. The van der Waals surface area contributed by atoms with E-state index in [0.29, 0.717) is 42.0 Å². The zero-order valence-corrected chi connectivity index (χ0v) is 24.5. The molecule has 4 aromatic rings.